The zero-order chi connectivity index (χ0) is 25.7. The number of hydrogen-bond donors (Lipinski definition) is 1. The zero-order valence-electron chi connectivity index (χ0n) is 21.5. The summed E-state index contributed by atoms with van der Waals surface area (Å²) in [5, 5.41) is 5.02. The van der Waals surface area contributed by atoms with Crippen LogP contribution in [0.5, 0.6) is 5.75 Å². The van der Waals surface area contributed by atoms with Crippen molar-refractivity contribution in [2.24, 2.45) is 0 Å². The summed E-state index contributed by atoms with van der Waals surface area (Å²) in [5.41, 5.74) is 2.45. The van der Waals surface area contributed by atoms with Crippen LogP contribution in [0.3, 0.4) is 0 Å². The highest BCUT2D eigenvalue weighted by Gasteiger charge is 2.21. The second kappa shape index (κ2) is 11.5. The largest absolute Gasteiger partial charge is 0.497 e. The number of rotatable bonds is 8. The predicted molar refractivity (Wildman–Crippen MR) is 141 cm³/mol. The molecule has 1 aromatic heterocycles. The molecule has 0 unspecified atom stereocenters. The van der Waals surface area contributed by atoms with E-state index in [9.17, 15) is 9.59 Å². The summed E-state index contributed by atoms with van der Waals surface area (Å²) in [6.07, 6.45) is 2.52. The van der Waals surface area contributed by atoms with Gasteiger partial charge in [-0.2, -0.15) is 0 Å². The summed E-state index contributed by atoms with van der Waals surface area (Å²) < 4.78 is 5.43. The van der Waals surface area contributed by atoms with Crippen LogP contribution in [0.15, 0.2) is 42.6 Å². The standard InChI is InChI=1S/C27H34N6O3/c1-5-25-28-9-8-23(29-25)20-14-19-6-7-21(36-4)16-22(19)24(15-20)30-26(34)17-32-10-12-33(13-11-32)18-27(35)31(2)3/h6-9,14-16H,5,10-13,17-18H2,1-4H3,(H,30,34). The van der Waals surface area contributed by atoms with Crippen LogP contribution in [0, 0.1) is 0 Å². The molecule has 190 valence electrons. The maximum Gasteiger partial charge on any atom is 0.238 e. The normalized spacial score (nSPS) is 14.6. The number of hydrogen-bond acceptors (Lipinski definition) is 7. The van der Waals surface area contributed by atoms with E-state index in [4.69, 9.17) is 4.74 Å². The van der Waals surface area contributed by atoms with Gasteiger partial charge in [-0.3, -0.25) is 19.4 Å². The first-order chi connectivity index (χ1) is 17.4. The van der Waals surface area contributed by atoms with Crippen LogP contribution in [-0.4, -0.2) is 97.0 Å². The lowest BCUT2D eigenvalue weighted by atomic mass is 10.0. The van der Waals surface area contributed by atoms with E-state index < -0.39 is 0 Å². The van der Waals surface area contributed by atoms with Gasteiger partial charge in [-0.1, -0.05) is 13.0 Å². The average molecular weight is 491 g/mol. The number of methoxy groups -OCH3 is 1. The Bertz CT molecular complexity index is 1240. The van der Waals surface area contributed by atoms with Gasteiger partial charge in [0.1, 0.15) is 11.6 Å². The quantitative estimate of drug-likeness (QED) is 0.519. The Kier molecular flexibility index (Phi) is 8.12. The second-order valence-electron chi connectivity index (χ2n) is 9.21. The number of aromatic nitrogens is 2. The third-order valence-corrected chi connectivity index (χ3v) is 6.44. The molecule has 9 heteroatoms. The first kappa shape index (κ1) is 25.5. The van der Waals surface area contributed by atoms with Crippen molar-refractivity contribution in [1.82, 2.24) is 24.7 Å². The van der Waals surface area contributed by atoms with E-state index in [0.717, 1.165) is 71.9 Å². The number of piperazine rings is 1. The first-order valence-electron chi connectivity index (χ1n) is 12.2. The molecule has 1 fully saturated rings. The molecule has 2 aromatic carbocycles. The lowest BCUT2D eigenvalue weighted by molar-refractivity contribution is -0.130. The molecule has 0 aliphatic carbocycles. The average Bonchev–Trinajstić information content (AvgIpc) is 2.89. The molecule has 1 aliphatic rings. The molecule has 36 heavy (non-hydrogen) atoms. The highest BCUT2D eigenvalue weighted by atomic mass is 16.5. The second-order valence-corrected chi connectivity index (χ2v) is 9.21. The molecule has 0 saturated carbocycles. The van der Waals surface area contributed by atoms with Gasteiger partial charge in [-0.25, -0.2) is 9.97 Å². The molecular weight excluding hydrogens is 456 g/mol. The van der Waals surface area contributed by atoms with Crippen LogP contribution in [0.4, 0.5) is 5.69 Å². The molecule has 2 amide bonds. The van der Waals surface area contributed by atoms with Crippen molar-refractivity contribution in [1.29, 1.82) is 0 Å². The van der Waals surface area contributed by atoms with Gasteiger partial charge in [-0.05, 0) is 35.7 Å². The van der Waals surface area contributed by atoms with E-state index in [2.05, 4.69) is 31.2 Å². The van der Waals surface area contributed by atoms with E-state index in [1.165, 1.54) is 0 Å². The lowest BCUT2D eigenvalue weighted by Crippen LogP contribution is -2.50. The monoisotopic (exact) mass is 490 g/mol. The molecule has 1 N–H and O–H groups in total. The highest BCUT2D eigenvalue weighted by molar-refractivity contribution is 6.05. The van der Waals surface area contributed by atoms with Crippen LogP contribution < -0.4 is 10.1 Å². The lowest BCUT2D eigenvalue weighted by Gasteiger charge is -2.34. The van der Waals surface area contributed by atoms with Crippen molar-refractivity contribution in [2.75, 3.05) is 65.8 Å². The minimum Gasteiger partial charge on any atom is -0.497 e. The van der Waals surface area contributed by atoms with E-state index in [1.807, 2.05) is 37.3 Å². The zero-order valence-corrected chi connectivity index (χ0v) is 21.5. The van der Waals surface area contributed by atoms with Gasteiger partial charge in [-0.15, -0.1) is 0 Å². The van der Waals surface area contributed by atoms with Gasteiger partial charge in [0.05, 0.1) is 25.9 Å². The molecule has 4 rings (SSSR count). The Morgan fingerprint density at radius 1 is 1.03 bits per heavy atom. The first-order valence-corrected chi connectivity index (χ1v) is 12.2. The van der Waals surface area contributed by atoms with Crippen LogP contribution >= 0.6 is 0 Å². The molecular formula is C27H34N6O3. The number of anilines is 1. The van der Waals surface area contributed by atoms with Crippen LogP contribution in [-0.2, 0) is 16.0 Å². The van der Waals surface area contributed by atoms with Crippen molar-refractivity contribution in [3.8, 4) is 17.0 Å². The summed E-state index contributed by atoms with van der Waals surface area (Å²) >= 11 is 0. The Morgan fingerprint density at radius 3 is 2.42 bits per heavy atom. The smallest absolute Gasteiger partial charge is 0.238 e. The van der Waals surface area contributed by atoms with Crippen LogP contribution in [0.2, 0.25) is 0 Å². The van der Waals surface area contributed by atoms with Gasteiger partial charge in [0.25, 0.3) is 0 Å². The molecule has 0 radical (unpaired) electrons. The number of carbonyl (C=O) groups is 2. The molecule has 9 nitrogen and oxygen atoms in total. The third kappa shape index (κ3) is 6.16. The number of benzene rings is 2. The number of aryl methyl sites for hydroxylation is 1. The van der Waals surface area contributed by atoms with Crippen molar-refractivity contribution < 1.29 is 14.3 Å². The maximum absolute atomic E-state index is 13.1. The van der Waals surface area contributed by atoms with E-state index >= 15 is 0 Å². The number of amides is 2. The number of fused-ring (bicyclic) bond motifs is 1. The Morgan fingerprint density at radius 2 is 1.75 bits per heavy atom. The molecule has 1 aliphatic heterocycles. The molecule has 0 atom stereocenters. The molecule has 0 spiro atoms. The highest BCUT2D eigenvalue weighted by Crippen LogP contribution is 2.33. The van der Waals surface area contributed by atoms with Crippen molar-refractivity contribution in [2.45, 2.75) is 13.3 Å². The fourth-order valence-electron chi connectivity index (χ4n) is 4.28. The Labute approximate surface area is 212 Å². The van der Waals surface area contributed by atoms with Gasteiger partial charge in [0.2, 0.25) is 11.8 Å². The molecule has 2 heterocycles. The van der Waals surface area contributed by atoms with Crippen molar-refractivity contribution >= 4 is 28.3 Å². The number of carbonyl (C=O) groups excluding carboxylic acids is 2. The third-order valence-electron chi connectivity index (χ3n) is 6.44. The maximum atomic E-state index is 13.1. The molecule has 3 aromatic rings. The van der Waals surface area contributed by atoms with Gasteiger partial charge >= 0.3 is 0 Å². The van der Waals surface area contributed by atoms with Crippen molar-refractivity contribution in [3.05, 3.63) is 48.4 Å². The summed E-state index contributed by atoms with van der Waals surface area (Å²) in [6, 6.07) is 11.8. The Balaban J connectivity index is 1.51. The minimum absolute atomic E-state index is 0.0778. The van der Waals surface area contributed by atoms with Gasteiger partial charge < -0.3 is 15.0 Å². The minimum atomic E-state index is -0.0778. The molecule has 0 bridgehead atoms. The molecule has 1 saturated heterocycles. The van der Waals surface area contributed by atoms with Crippen LogP contribution in [0.25, 0.3) is 22.0 Å². The summed E-state index contributed by atoms with van der Waals surface area (Å²) in [7, 11) is 5.17. The van der Waals surface area contributed by atoms with E-state index in [-0.39, 0.29) is 11.8 Å². The fourth-order valence-corrected chi connectivity index (χ4v) is 4.28. The fraction of sp³-hybridized carbons (Fsp3) is 0.407. The van der Waals surface area contributed by atoms with Gasteiger partial charge in [0, 0.05) is 69.5 Å². The van der Waals surface area contributed by atoms with Crippen LogP contribution in [0.1, 0.15) is 12.7 Å². The summed E-state index contributed by atoms with van der Waals surface area (Å²) in [5.74, 6) is 1.52. The topological polar surface area (TPSA) is 90.9 Å². The summed E-state index contributed by atoms with van der Waals surface area (Å²) in [4.78, 5) is 39.9. The van der Waals surface area contributed by atoms with E-state index in [0.29, 0.717) is 13.1 Å². The number of likely N-dealkylation sites (N-methyl/N-ethyl adjacent to an activating group) is 1. The Hall–Kier alpha value is -3.56. The van der Waals surface area contributed by atoms with Gasteiger partial charge in [0.15, 0.2) is 0 Å². The number of nitrogens with zero attached hydrogens (tertiary/aromatic N) is 5. The predicted octanol–water partition coefficient (Wildman–Crippen LogP) is 2.51. The number of nitrogens with one attached hydrogen (secondary N) is 1. The summed E-state index contributed by atoms with van der Waals surface area (Å²) in [6.45, 7) is 5.73. The SMILES string of the molecule is CCc1nccc(-c2cc(NC(=O)CN3CCN(CC(=O)N(C)C)CC3)c3cc(OC)ccc3c2)n1. The number of ether oxygens (including phenoxy) is 1. The van der Waals surface area contributed by atoms with Crippen molar-refractivity contribution in [3.63, 3.8) is 0 Å². The van der Waals surface area contributed by atoms with E-state index in [1.54, 1.807) is 32.3 Å².